The first-order chi connectivity index (χ1) is 10.1. The highest BCUT2D eigenvalue weighted by Crippen LogP contribution is 2.23. The summed E-state index contributed by atoms with van der Waals surface area (Å²) >= 11 is 0. The lowest BCUT2D eigenvalue weighted by atomic mass is 9.99. The van der Waals surface area contributed by atoms with Gasteiger partial charge in [-0.05, 0) is 42.9 Å². The monoisotopic (exact) mass is 288 g/mol. The highest BCUT2D eigenvalue weighted by atomic mass is 16.2. The Morgan fingerprint density at radius 1 is 1.29 bits per heavy atom. The van der Waals surface area contributed by atoms with Gasteiger partial charge >= 0.3 is 0 Å². The molecule has 0 saturated carbocycles. The van der Waals surface area contributed by atoms with Crippen LogP contribution in [0.4, 0.5) is 5.69 Å². The van der Waals surface area contributed by atoms with E-state index in [1.54, 1.807) is 0 Å². The lowest BCUT2D eigenvalue weighted by Gasteiger charge is -2.18. The van der Waals surface area contributed by atoms with Crippen molar-refractivity contribution < 1.29 is 9.59 Å². The molecule has 1 aliphatic rings. The number of rotatable bonds is 6. The normalized spacial score (nSPS) is 13.8. The van der Waals surface area contributed by atoms with Gasteiger partial charge < -0.3 is 10.6 Å². The van der Waals surface area contributed by atoms with Gasteiger partial charge in [0.1, 0.15) is 0 Å². The topological polar surface area (TPSA) is 58.2 Å². The van der Waals surface area contributed by atoms with Crippen LogP contribution in [-0.4, -0.2) is 18.4 Å². The van der Waals surface area contributed by atoms with Crippen molar-refractivity contribution in [1.82, 2.24) is 5.32 Å². The quantitative estimate of drug-likeness (QED) is 0.845. The largest absolute Gasteiger partial charge is 0.356 e. The van der Waals surface area contributed by atoms with E-state index in [9.17, 15) is 9.59 Å². The van der Waals surface area contributed by atoms with E-state index in [2.05, 4.69) is 16.7 Å². The number of benzene rings is 1. The fourth-order valence-corrected chi connectivity index (χ4v) is 2.73. The van der Waals surface area contributed by atoms with Crippen LogP contribution < -0.4 is 10.6 Å². The number of anilines is 1. The predicted octanol–water partition coefficient (Wildman–Crippen LogP) is 2.67. The van der Waals surface area contributed by atoms with Crippen LogP contribution in [0.2, 0.25) is 0 Å². The molecule has 0 aromatic heterocycles. The van der Waals surface area contributed by atoms with Crippen LogP contribution in [0.3, 0.4) is 0 Å². The van der Waals surface area contributed by atoms with Crippen molar-refractivity contribution in [1.29, 1.82) is 0 Å². The Hall–Kier alpha value is -1.84. The third-order valence-electron chi connectivity index (χ3n) is 4.13. The Balaban J connectivity index is 1.87. The van der Waals surface area contributed by atoms with Crippen molar-refractivity contribution in [2.45, 2.75) is 46.0 Å². The predicted molar refractivity (Wildman–Crippen MR) is 84.2 cm³/mol. The van der Waals surface area contributed by atoms with E-state index >= 15 is 0 Å². The number of hydrogen-bond acceptors (Lipinski definition) is 2. The second-order valence-electron chi connectivity index (χ2n) is 5.59. The summed E-state index contributed by atoms with van der Waals surface area (Å²) in [5.41, 5.74) is 3.32. The summed E-state index contributed by atoms with van der Waals surface area (Å²) in [4.78, 5) is 23.2. The van der Waals surface area contributed by atoms with Crippen LogP contribution in [0, 0.1) is 5.92 Å². The average molecular weight is 288 g/mol. The van der Waals surface area contributed by atoms with Crippen molar-refractivity contribution in [2.75, 3.05) is 11.9 Å². The molecule has 4 heteroatoms. The van der Waals surface area contributed by atoms with Crippen LogP contribution >= 0.6 is 0 Å². The number of carbonyl (C=O) groups excluding carboxylic acids is 2. The number of nitrogens with one attached hydrogen (secondary N) is 2. The molecule has 114 valence electrons. The minimum atomic E-state index is 0.0905. The molecule has 2 amide bonds. The highest BCUT2D eigenvalue weighted by Gasteiger charge is 2.15. The van der Waals surface area contributed by atoms with Gasteiger partial charge in [-0.25, -0.2) is 0 Å². The summed E-state index contributed by atoms with van der Waals surface area (Å²) in [6.07, 6.45) is 3.96. The lowest BCUT2D eigenvalue weighted by Crippen LogP contribution is -2.31. The van der Waals surface area contributed by atoms with Crippen LogP contribution in [-0.2, 0) is 22.4 Å². The van der Waals surface area contributed by atoms with Crippen LogP contribution in [0.5, 0.6) is 0 Å². The molecule has 2 rings (SSSR count). The SMILES string of the molecule is CCC(CC)C(=O)NCCc1ccc2c(c1)CCC(=O)N2. The van der Waals surface area contributed by atoms with Gasteiger partial charge in [-0.15, -0.1) is 0 Å². The first-order valence-corrected chi connectivity index (χ1v) is 7.83. The Morgan fingerprint density at radius 2 is 2.05 bits per heavy atom. The fraction of sp³-hybridized carbons (Fsp3) is 0.529. The third-order valence-corrected chi connectivity index (χ3v) is 4.13. The minimum absolute atomic E-state index is 0.0905. The van der Waals surface area contributed by atoms with Gasteiger partial charge in [0.05, 0.1) is 0 Å². The molecule has 2 N–H and O–H groups in total. The summed E-state index contributed by atoms with van der Waals surface area (Å²) in [5.74, 6) is 0.377. The zero-order valence-corrected chi connectivity index (χ0v) is 12.9. The van der Waals surface area contributed by atoms with E-state index in [-0.39, 0.29) is 17.7 Å². The standard InChI is InChI=1S/C17H24N2O2/c1-3-13(4-2)17(21)18-10-9-12-5-7-15-14(11-12)6-8-16(20)19-15/h5,7,11,13H,3-4,6,8-10H2,1-2H3,(H,18,21)(H,19,20). The van der Waals surface area contributed by atoms with Gasteiger partial charge in [0.2, 0.25) is 11.8 Å². The van der Waals surface area contributed by atoms with E-state index in [1.165, 1.54) is 11.1 Å². The molecule has 1 aromatic rings. The van der Waals surface area contributed by atoms with Gasteiger partial charge in [-0.3, -0.25) is 9.59 Å². The number of fused-ring (bicyclic) bond motifs is 1. The molecule has 1 aromatic carbocycles. The number of carbonyl (C=O) groups is 2. The third kappa shape index (κ3) is 4.06. The molecule has 1 aliphatic heterocycles. The molecular weight excluding hydrogens is 264 g/mol. The van der Waals surface area contributed by atoms with E-state index < -0.39 is 0 Å². The zero-order chi connectivity index (χ0) is 15.2. The van der Waals surface area contributed by atoms with E-state index in [0.29, 0.717) is 13.0 Å². The van der Waals surface area contributed by atoms with E-state index in [0.717, 1.165) is 31.4 Å². The molecule has 0 fully saturated rings. The maximum Gasteiger partial charge on any atom is 0.224 e. The lowest BCUT2D eigenvalue weighted by molar-refractivity contribution is -0.125. The van der Waals surface area contributed by atoms with E-state index in [4.69, 9.17) is 0 Å². The Bertz CT molecular complexity index is 522. The zero-order valence-electron chi connectivity index (χ0n) is 12.9. The fourth-order valence-electron chi connectivity index (χ4n) is 2.73. The maximum absolute atomic E-state index is 11.9. The molecule has 0 unspecified atom stereocenters. The van der Waals surface area contributed by atoms with Gasteiger partial charge in [-0.2, -0.15) is 0 Å². The van der Waals surface area contributed by atoms with Gasteiger partial charge in [0.15, 0.2) is 0 Å². The van der Waals surface area contributed by atoms with Crippen molar-refractivity contribution in [2.24, 2.45) is 5.92 Å². The second kappa shape index (κ2) is 7.25. The van der Waals surface area contributed by atoms with Crippen LogP contribution in [0.15, 0.2) is 18.2 Å². The first-order valence-electron chi connectivity index (χ1n) is 7.83. The Morgan fingerprint density at radius 3 is 2.76 bits per heavy atom. The molecule has 0 atom stereocenters. The van der Waals surface area contributed by atoms with Crippen molar-refractivity contribution in [3.8, 4) is 0 Å². The molecule has 0 spiro atoms. The van der Waals surface area contributed by atoms with Gasteiger partial charge in [0, 0.05) is 24.6 Å². The van der Waals surface area contributed by atoms with Crippen molar-refractivity contribution >= 4 is 17.5 Å². The highest BCUT2D eigenvalue weighted by molar-refractivity contribution is 5.93. The Kier molecular flexibility index (Phi) is 5.37. The van der Waals surface area contributed by atoms with Gasteiger partial charge in [0.25, 0.3) is 0 Å². The number of hydrogen-bond donors (Lipinski definition) is 2. The van der Waals surface area contributed by atoms with Crippen molar-refractivity contribution in [3.63, 3.8) is 0 Å². The van der Waals surface area contributed by atoms with Gasteiger partial charge in [-0.1, -0.05) is 26.0 Å². The minimum Gasteiger partial charge on any atom is -0.356 e. The summed E-state index contributed by atoms with van der Waals surface area (Å²) < 4.78 is 0. The summed E-state index contributed by atoms with van der Waals surface area (Å²) in [5, 5.41) is 5.89. The molecule has 0 saturated heterocycles. The van der Waals surface area contributed by atoms with Crippen LogP contribution in [0.25, 0.3) is 0 Å². The van der Waals surface area contributed by atoms with E-state index in [1.807, 2.05) is 26.0 Å². The molecule has 0 aliphatic carbocycles. The van der Waals surface area contributed by atoms with Crippen molar-refractivity contribution in [3.05, 3.63) is 29.3 Å². The average Bonchev–Trinajstić information content (AvgIpc) is 2.48. The summed E-state index contributed by atoms with van der Waals surface area (Å²) in [6, 6.07) is 6.12. The molecule has 4 nitrogen and oxygen atoms in total. The van der Waals surface area contributed by atoms with Crippen LogP contribution in [0.1, 0.15) is 44.2 Å². The molecular formula is C17H24N2O2. The molecule has 0 bridgehead atoms. The summed E-state index contributed by atoms with van der Waals surface area (Å²) in [7, 11) is 0. The number of aryl methyl sites for hydroxylation is 1. The first kappa shape index (κ1) is 15.5. The summed E-state index contributed by atoms with van der Waals surface area (Å²) in [6.45, 7) is 4.76. The Labute approximate surface area is 126 Å². The number of amides is 2. The molecule has 21 heavy (non-hydrogen) atoms. The second-order valence-corrected chi connectivity index (χ2v) is 5.59. The molecule has 1 heterocycles. The smallest absolute Gasteiger partial charge is 0.224 e. The maximum atomic E-state index is 11.9. The molecule has 0 radical (unpaired) electrons.